The Morgan fingerprint density at radius 1 is 1.07 bits per heavy atom. The summed E-state index contributed by atoms with van der Waals surface area (Å²) >= 11 is 6.25. The molecule has 7 heteroatoms. The molecule has 7 N–H and O–H groups in total. The first-order valence-corrected chi connectivity index (χ1v) is 9.78. The Balaban J connectivity index is 1.90. The van der Waals surface area contributed by atoms with Gasteiger partial charge in [-0.1, -0.05) is 41.9 Å². The number of nitrogen functional groups attached to an aromatic ring is 1. The molecule has 1 aromatic heterocycles. The van der Waals surface area contributed by atoms with E-state index in [1.165, 1.54) is 0 Å². The van der Waals surface area contributed by atoms with E-state index in [2.05, 4.69) is 4.98 Å². The van der Waals surface area contributed by atoms with Crippen LogP contribution in [0, 0.1) is 5.41 Å². The molecule has 0 aliphatic rings. The number of aromatic amines is 1. The zero-order valence-corrected chi connectivity index (χ0v) is 16.8. The molecular weight excluding hydrogens is 400 g/mol. The van der Waals surface area contributed by atoms with Gasteiger partial charge < -0.3 is 26.3 Å². The minimum absolute atomic E-state index is 0.101. The molecule has 0 saturated carbocycles. The van der Waals surface area contributed by atoms with E-state index in [4.69, 9.17) is 33.2 Å². The zero-order valence-electron chi connectivity index (χ0n) is 16.1. The van der Waals surface area contributed by atoms with Gasteiger partial charge >= 0.3 is 0 Å². The molecule has 3 aromatic carbocycles. The smallest absolute Gasteiger partial charge is 0.132 e. The monoisotopic (exact) mass is 420 g/mol. The lowest BCUT2D eigenvalue weighted by Crippen LogP contribution is -2.11. The lowest BCUT2D eigenvalue weighted by molar-refractivity contribution is 0.328. The van der Waals surface area contributed by atoms with E-state index in [-0.39, 0.29) is 11.6 Å². The summed E-state index contributed by atoms with van der Waals surface area (Å²) in [6, 6.07) is 18.5. The molecule has 152 valence electrons. The Morgan fingerprint density at radius 2 is 1.80 bits per heavy atom. The van der Waals surface area contributed by atoms with E-state index >= 15 is 0 Å². The van der Waals surface area contributed by atoms with Gasteiger partial charge in [0.25, 0.3) is 0 Å². The van der Waals surface area contributed by atoms with Crippen LogP contribution >= 0.6 is 11.6 Å². The molecule has 4 aromatic rings. The average molecular weight is 421 g/mol. The van der Waals surface area contributed by atoms with Crippen molar-refractivity contribution in [3.8, 4) is 33.9 Å². The van der Waals surface area contributed by atoms with E-state index in [1.807, 2.05) is 36.4 Å². The van der Waals surface area contributed by atoms with Crippen molar-refractivity contribution in [1.82, 2.24) is 4.98 Å². The van der Waals surface area contributed by atoms with Gasteiger partial charge in [0.05, 0.1) is 10.7 Å². The fraction of sp³-hybridized carbons (Fsp3) is 0.0870. The van der Waals surface area contributed by atoms with Crippen molar-refractivity contribution < 1.29 is 9.84 Å². The maximum Gasteiger partial charge on any atom is 0.132 e. The fourth-order valence-electron chi connectivity index (χ4n) is 3.42. The topological polar surface area (TPSA) is 121 Å². The third kappa shape index (κ3) is 3.70. The van der Waals surface area contributed by atoms with E-state index in [0.29, 0.717) is 46.3 Å². The first-order valence-electron chi connectivity index (χ1n) is 9.40. The summed E-state index contributed by atoms with van der Waals surface area (Å²) in [5.74, 6) is 0.634. The molecule has 0 unspecified atom stereocenters. The molecule has 0 saturated heterocycles. The third-order valence-corrected chi connectivity index (χ3v) is 5.16. The number of aromatic hydroxyl groups is 1. The predicted octanol–water partition coefficient (Wildman–Crippen LogP) is 4.48. The Morgan fingerprint density at radius 3 is 2.50 bits per heavy atom. The van der Waals surface area contributed by atoms with Crippen LogP contribution in [0.15, 0.2) is 60.7 Å². The minimum Gasteiger partial charge on any atom is -0.507 e. The largest absolute Gasteiger partial charge is 0.507 e. The van der Waals surface area contributed by atoms with Crippen molar-refractivity contribution in [2.24, 2.45) is 11.5 Å². The molecule has 6 nitrogen and oxygen atoms in total. The highest BCUT2D eigenvalue weighted by Crippen LogP contribution is 2.42. The summed E-state index contributed by atoms with van der Waals surface area (Å²) in [5.41, 5.74) is 15.2. The fourth-order valence-corrected chi connectivity index (χ4v) is 3.68. The van der Waals surface area contributed by atoms with Gasteiger partial charge in [-0.25, -0.2) is 0 Å². The number of phenols is 1. The lowest BCUT2D eigenvalue weighted by atomic mass is 9.99. The normalized spacial score (nSPS) is 11.0. The van der Waals surface area contributed by atoms with Gasteiger partial charge in [0.2, 0.25) is 0 Å². The van der Waals surface area contributed by atoms with Crippen LogP contribution in [0.5, 0.6) is 11.5 Å². The Kier molecular flexibility index (Phi) is 5.35. The first kappa shape index (κ1) is 19.8. The molecule has 0 amide bonds. The molecule has 0 atom stereocenters. The van der Waals surface area contributed by atoms with Crippen LogP contribution in [0.25, 0.3) is 33.3 Å². The number of hydrogen-bond acceptors (Lipinski definition) is 4. The number of nitrogens with one attached hydrogen (secondary N) is 2. The number of ether oxygens (including phenoxy) is 1. The van der Waals surface area contributed by atoms with Crippen LogP contribution in [0.1, 0.15) is 5.56 Å². The first-order chi connectivity index (χ1) is 14.5. The van der Waals surface area contributed by atoms with E-state index < -0.39 is 0 Å². The number of nitrogens with two attached hydrogens (primary N) is 2. The number of H-pyrrole nitrogens is 1. The molecule has 1 heterocycles. The van der Waals surface area contributed by atoms with Gasteiger partial charge in [-0.2, -0.15) is 0 Å². The van der Waals surface area contributed by atoms with Gasteiger partial charge in [-0.15, -0.1) is 0 Å². The van der Waals surface area contributed by atoms with Crippen molar-refractivity contribution in [3.05, 3.63) is 71.2 Å². The molecule has 30 heavy (non-hydrogen) atoms. The molecule has 0 fully saturated rings. The number of benzene rings is 3. The SMILES string of the molecule is N=C(N)c1cc2cc(-c3cc(OCCN)cc(-c4ccccc4)c3O)[nH]c2cc1Cl. The van der Waals surface area contributed by atoms with Gasteiger partial charge in [-0.3, -0.25) is 5.41 Å². The Hall–Kier alpha value is -3.48. The van der Waals surface area contributed by atoms with Gasteiger partial charge in [-0.05, 0) is 35.9 Å². The highest BCUT2D eigenvalue weighted by atomic mass is 35.5. The molecule has 0 radical (unpaired) electrons. The van der Waals surface area contributed by atoms with Crippen molar-refractivity contribution in [2.75, 3.05) is 13.2 Å². The van der Waals surface area contributed by atoms with Crippen molar-refractivity contribution in [3.63, 3.8) is 0 Å². The van der Waals surface area contributed by atoms with Crippen LogP contribution in [-0.4, -0.2) is 29.1 Å². The highest BCUT2D eigenvalue weighted by Gasteiger charge is 2.17. The summed E-state index contributed by atoms with van der Waals surface area (Å²) in [4.78, 5) is 3.29. The number of hydrogen-bond donors (Lipinski definition) is 5. The van der Waals surface area contributed by atoms with Crippen molar-refractivity contribution in [1.29, 1.82) is 5.41 Å². The Labute approximate surface area is 178 Å². The second-order valence-electron chi connectivity index (χ2n) is 6.89. The van der Waals surface area contributed by atoms with E-state index in [9.17, 15) is 5.11 Å². The summed E-state index contributed by atoms with van der Waals surface area (Å²) in [6.45, 7) is 0.748. The molecule has 0 bridgehead atoms. The van der Waals surface area contributed by atoms with E-state index in [0.717, 1.165) is 16.5 Å². The zero-order chi connectivity index (χ0) is 21.3. The Bertz CT molecular complexity index is 1240. The lowest BCUT2D eigenvalue weighted by Gasteiger charge is -2.13. The maximum atomic E-state index is 11.1. The van der Waals surface area contributed by atoms with Gasteiger partial charge in [0.15, 0.2) is 0 Å². The summed E-state index contributed by atoms with van der Waals surface area (Å²) in [5, 5.41) is 20.0. The summed E-state index contributed by atoms with van der Waals surface area (Å²) in [6.07, 6.45) is 0. The standard InChI is InChI=1S/C23H21ClN4O2/c24-19-12-20-14(8-17(19)23(26)27)9-21(28-20)18-11-15(30-7-6-25)10-16(22(18)29)13-4-2-1-3-5-13/h1-5,8-12,28-29H,6-7,25H2,(H3,26,27). The number of fused-ring (bicyclic) bond motifs is 1. The molecular formula is C23H21ClN4O2. The van der Waals surface area contributed by atoms with Crippen LogP contribution in [0.3, 0.4) is 0 Å². The average Bonchev–Trinajstić information content (AvgIpc) is 3.15. The van der Waals surface area contributed by atoms with Crippen LogP contribution in [-0.2, 0) is 0 Å². The molecule has 0 aliphatic heterocycles. The summed E-state index contributed by atoms with van der Waals surface area (Å²) in [7, 11) is 0. The second kappa shape index (κ2) is 8.10. The summed E-state index contributed by atoms with van der Waals surface area (Å²) < 4.78 is 5.76. The van der Waals surface area contributed by atoms with Crippen molar-refractivity contribution >= 4 is 28.3 Å². The quantitative estimate of drug-likeness (QED) is 0.233. The van der Waals surface area contributed by atoms with E-state index in [1.54, 1.807) is 24.3 Å². The van der Waals surface area contributed by atoms with Gasteiger partial charge in [0, 0.05) is 34.1 Å². The van der Waals surface area contributed by atoms with Crippen LogP contribution in [0.2, 0.25) is 5.02 Å². The molecule has 0 spiro atoms. The van der Waals surface area contributed by atoms with Crippen LogP contribution in [0.4, 0.5) is 0 Å². The maximum absolute atomic E-state index is 11.1. The van der Waals surface area contributed by atoms with Crippen LogP contribution < -0.4 is 16.2 Å². The predicted molar refractivity (Wildman–Crippen MR) is 121 cm³/mol. The number of halogens is 1. The minimum atomic E-state index is -0.101. The number of amidine groups is 1. The third-order valence-electron chi connectivity index (χ3n) is 4.84. The second-order valence-corrected chi connectivity index (χ2v) is 7.29. The number of aromatic nitrogens is 1. The number of phenolic OH excluding ortho intramolecular Hbond substituents is 1. The highest BCUT2D eigenvalue weighted by molar-refractivity contribution is 6.34. The van der Waals surface area contributed by atoms with Crippen molar-refractivity contribution in [2.45, 2.75) is 0 Å². The molecule has 0 aliphatic carbocycles. The molecule has 4 rings (SSSR count). The number of rotatable bonds is 6. The van der Waals surface area contributed by atoms with Gasteiger partial charge in [0.1, 0.15) is 23.9 Å².